The van der Waals surface area contributed by atoms with Crippen molar-refractivity contribution in [3.63, 3.8) is 0 Å². The molecular weight excluding hydrogens is 390 g/mol. The Balaban J connectivity index is 1.77. The molecule has 0 atom stereocenters. The molecule has 1 N–H and O–H groups in total. The van der Waals surface area contributed by atoms with Crippen LogP contribution in [0.2, 0.25) is 0 Å². The molecule has 2 heterocycles. The maximum Gasteiger partial charge on any atom is 0.263 e. The highest BCUT2D eigenvalue weighted by molar-refractivity contribution is 7.99. The number of carbonyl (C=O) groups excluding carboxylic acids is 1. The molecule has 0 aliphatic heterocycles. The Morgan fingerprint density at radius 3 is 2.61 bits per heavy atom. The summed E-state index contributed by atoms with van der Waals surface area (Å²) in [6, 6.07) is 0.292. The minimum atomic E-state index is 0.0183. The zero-order valence-electron chi connectivity index (χ0n) is 17.5. The first-order valence-corrected chi connectivity index (χ1v) is 12.0. The van der Waals surface area contributed by atoms with Crippen molar-refractivity contribution in [1.82, 2.24) is 14.9 Å². The number of carbonyl (C=O) groups is 1. The van der Waals surface area contributed by atoms with Crippen LogP contribution in [-0.2, 0) is 11.3 Å². The third-order valence-electron chi connectivity index (χ3n) is 5.51. The van der Waals surface area contributed by atoms with E-state index in [1.165, 1.54) is 24.6 Å². The van der Waals surface area contributed by atoms with Crippen LogP contribution in [-0.4, -0.2) is 27.3 Å². The summed E-state index contributed by atoms with van der Waals surface area (Å²) < 4.78 is 1.76. The van der Waals surface area contributed by atoms with Crippen molar-refractivity contribution in [2.24, 2.45) is 11.8 Å². The monoisotopic (exact) mass is 421 g/mol. The largest absolute Gasteiger partial charge is 0.353 e. The average Bonchev–Trinajstić information content (AvgIpc) is 2.92. The van der Waals surface area contributed by atoms with E-state index in [4.69, 9.17) is 4.98 Å². The highest BCUT2D eigenvalue weighted by Crippen LogP contribution is 2.29. The van der Waals surface area contributed by atoms with Crippen molar-refractivity contribution in [2.75, 3.05) is 5.75 Å². The average molecular weight is 422 g/mol. The molecule has 1 aliphatic carbocycles. The van der Waals surface area contributed by atoms with Crippen LogP contribution in [0.25, 0.3) is 10.2 Å². The molecule has 0 bridgehead atoms. The quantitative estimate of drug-likeness (QED) is 0.550. The van der Waals surface area contributed by atoms with Gasteiger partial charge >= 0.3 is 0 Å². The zero-order valence-corrected chi connectivity index (χ0v) is 19.1. The lowest BCUT2D eigenvalue weighted by Gasteiger charge is -2.26. The van der Waals surface area contributed by atoms with E-state index in [-0.39, 0.29) is 11.5 Å². The highest BCUT2D eigenvalue weighted by atomic mass is 32.2. The smallest absolute Gasteiger partial charge is 0.263 e. The first kappa shape index (κ1) is 21.4. The SMILES string of the molecule is Cc1sc2nc(SCC(=O)NC3CCC(C)CC3)n(CC(C)C)c(=O)c2c1C. The van der Waals surface area contributed by atoms with Gasteiger partial charge in [-0.2, -0.15) is 0 Å². The van der Waals surface area contributed by atoms with Gasteiger partial charge in [0.15, 0.2) is 5.16 Å². The van der Waals surface area contributed by atoms with E-state index in [9.17, 15) is 9.59 Å². The minimum absolute atomic E-state index is 0.0183. The normalized spacial score (nSPS) is 20.1. The molecule has 2 aromatic rings. The fourth-order valence-corrected chi connectivity index (χ4v) is 5.64. The zero-order chi connectivity index (χ0) is 20.4. The van der Waals surface area contributed by atoms with Crippen molar-refractivity contribution in [1.29, 1.82) is 0 Å². The van der Waals surface area contributed by atoms with Gasteiger partial charge in [0.1, 0.15) is 4.83 Å². The Morgan fingerprint density at radius 1 is 1.29 bits per heavy atom. The van der Waals surface area contributed by atoms with Crippen molar-refractivity contribution in [3.05, 3.63) is 20.8 Å². The molecule has 1 saturated carbocycles. The summed E-state index contributed by atoms with van der Waals surface area (Å²) in [4.78, 5) is 32.3. The van der Waals surface area contributed by atoms with Crippen LogP contribution in [0.4, 0.5) is 0 Å². The van der Waals surface area contributed by atoms with Gasteiger partial charge in [-0.1, -0.05) is 32.5 Å². The van der Waals surface area contributed by atoms with Gasteiger partial charge in [0.2, 0.25) is 5.91 Å². The van der Waals surface area contributed by atoms with Crippen LogP contribution in [0, 0.1) is 25.7 Å². The standard InChI is InChI=1S/C21H31N3O2S2/c1-12(2)10-24-20(26)18-14(4)15(5)28-19(18)23-21(24)27-11-17(25)22-16-8-6-13(3)7-9-16/h12-13,16H,6-11H2,1-5H3,(H,22,25). The third-order valence-corrected chi connectivity index (χ3v) is 7.59. The summed E-state index contributed by atoms with van der Waals surface area (Å²) in [6.45, 7) is 11.1. The molecule has 0 spiro atoms. The molecule has 7 heteroatoms. The number of thioether (sulfide) groups is 1. The van der Waals surface area contributed by atoms with Gasteiger partial charge in [-0.05, 0) is 56.9 Å². The van der Waals surface area contributed by atoms with Gasteiger partial charge < -0.3 is 5.32 Å². The number of nitrogens with zero attached hydrogens (tertiary/aromatic N) is 2. The Morgan fingerprint density at radius 2 is 1.96 bits per heavy atom. The van der Waals surface area contributed by atoms with E-state index in [0.29, 0.717) is 29.4 Å². The second-order valence-corrected chi connectivity index (χ2v) is 10.6. The Kier molecular flexibility index (Phi) is 6.86. The fraction of sp³-hybridized carbons (Fsp3) is 0.667. The highest BCUT2D eigenvalue weighted by Gasteiger charge is 2.21. The topological polar surface area (TPSA) is 64.0 Å². The summed E-state index contributed by atoms with van der Waals surface area (Å²) in [5.41, 5.74) is 1.04. The van der Waals surface area contributed by atoms with Gasteiger partial charge in [-0.3, -0.25) is 14.2 Å². The molecule has 1 aliphatic rings. The third kappa shape index (κ3) is 4.79. The maximum atomic E-state index is 13.1. The van der Waals surface area contributed by atoms with E-state index in [1.54, 1.807) is 15.9 Å². The van der Waals surface area contributed by atoms with Crippen LogP contribution < -0.4 is 10.9 Å². The van der Waals surface area contributed by atoms with Crippen LogP contribution in [0.15, 0.2) is 9.95 Å². The van der Waals surface area contributed by atoms with Gasteiger partial charge in [-0.25, -0.2) is 4.98 Å². The van der Waals surface area contributed by atoms with Crippen molar-refractivity contribution in [2.45, 2.75) is 78.0 Å². The summed E-state index contributed by atoms with van der Waals surface area (Å²) in [5.74, 6) is 1.43. The summed E-state index contributed by atoms with van der Waals surface area (Å²) in [6.07, 6.45) is 4.49. The summed E-state index contributed by atoms with van der Waals surface area (Å²) in [7, 11) is 0. The first-order chi connectivity index (χ1) is 13.3. The summed E-state index contributed by atoms with van der Waals surface area (Å²) in [5, 5.41) is 4.55. The molecule has 5 nitrogen and oxygen atoms in total. The molecule has 154 valence electrons. The number of thiophene rings is 1. The molecule has 0 aromatic carbocycles. The number of hydrogen-bond donors (Lipinski definition) is 1. The number of aromatic nitrogens is 2. The number of rotatable bonds is 6. The molecule has 1 amide bonds. The maximum absolute atomic E-state index is 13.1. The van der Waals surface area contributed by atoms with Crippen molar-refractivity contribution in [3.8, 4) is 0 Å². The van der Waals surface area contributed by atoms with Crippen molar-refractivity contribution < 1.29 is 4.79 Å². The number of aryl methyl sites for hydroxylation is 2. The van der Waals surface area contributed by atoms with Crippen LogP contribution in [0.3, 0.4) is 0 Å². The second-order valence-electron chi connectivity index (χ2n) is 8.48. The number of nitrogens with one attached hydrogen (secondary N) is 1. The van der Waals surface area contributed by atoms with E-state index >= 15 is 0 Å². The second kappa shape index (κ2) is 8.99. The van der Waals surface area contributed by atoms with E-state index in [2.05, 4.69) is 26.1 Å². The molecule has 1 fully saturated rings. The Labute approximate surface area is 175 Å². The van der Waals surface area contributed by atoms with Crippen molar-refractivity contribution >= 4 is 39.2 Å². The number of amides is 1. The lowest BCUT2D eigenvalue weighted by Crippen LogP contribution is -2.38. The van der Waals surface area contributed by atoms with Crippen LogP contribution >= 0.6 is 23.1 Å². The van der Waals surface area contributed by atoms with Gasteiger partial charge in [0, 0.05) is 17.5 Å². The Hall–Kier alpha value is -1.34. The summed E-state index contributed by atoms with van der Waals surface area (Å²) >= 11 is 2.94. The van der Waals surface area contributed by atoms with E-state index in [1.807, 2.05) is 13.8 Å². The Bertz CT molecular complexity index is 908. The molecular formula is C21H31N3O2S2. The predicted molar refractivity (Wildman–Crippen MR) is 118 cm³/mol. The van der Waals surface area contributed by atoms with E-state index in [0.717, 1.165) is 39.4 Å². The molecule has 0 unspecified atom stereocenters. The number of fused-ring (bicyclic) bond motifs is 1. The lowest BCUT2D eigenvalue weighted by atomic mass is 9.87. The van der Waals surface area contributed by atoms with Crippen LogP contribution in [0.1, 0.15) is 56.9 Å². The molecule has 2 aromatic heterocycles. The molecule has 3 rings (SSSR count). The van der Waals surface area contributed by atoms with Gasteiger partial charge in [0.25, 0.3) is 5.56 Å². The van der Waals surface area contributed by atoms with Gasteiger partial charge in [0.05, 0.1) is 11.1 Å². The lowest BCUT2D eigenvalue weighted by molar-refractivity contribution is -0.119. The molecule has 0 radical (unpaired) electrons. The predicted octanol–water partition coefficient (Wildman–Crippen LogP) is 4.52. The number of hydrogen-bond acceptors (Lipinski definition) is 5. The molecule has 28 heavy (non-hydrogen) atoms. The fourth-order valence-electron chi connectivity index (χ4n) is 3.75. The first-order valence-electron chi connectivity index (χ1n) is 10.2. The molecule has 0 saturated heterocycles. The van der Waals surface area contributed by atoms with Crippen LogP contribution in [0.5, 0.6) is 0 Å². The minimum Gasteiger partial charge on any atom is -0.353 e. The van der Waals surface area contributed by atoms with E-state index < -0.39 is 0 Å². The van der Waals surface area contributed by atoms with Gasteiger partial charge in [-0.15, -0.1) is 11.3 Å².